The number of benzene rings is 2. The molecule has 1 N–H and O–H groups in total. The van der Waals surface area contributed by atoms with Crippen LogP contribution in [0.1, 0.15) is 12.5 Å². The molecule has 0 amide bonds. The number of sulfone groups is 1. The lowest BCUT2D eigenvalue weighted by Gasteiger charge is -2.12. The van der Waals surface area contributed by atoms with Crippen molar-refractivity contribution >= 4 is 32.3 Å². The molecular formula is C18H16ClFN2O2S. The largest absolute Gasteiger partial charge is 0.342 e. The second-order valence-corrected chi connectivity index (χ2v) is 8.52. The van der Waals surface area contributed by atoms with Gasteiger partial charge in [0.05, 0.1) is 9.79 Å². The van der Waals surface area contributed by atoms with Crippen LogP contribution in [-0.2, 0) is 9.84 Å². The average Bonchev–Trinajstić information content (AvgIpc) is 3.21. The van der Waals surface area contributed by atoms with Crippen molar-refractivity contribution in [1.82, 2.24) is 9.88 Å². The van der Waals surface area contributed by atoms with E-state index in [9.17, 15) is 12.8 Å². The van der Waals surface area contributed by atoms with Crippen molar-refractivity contribution in [3.8, 4) is 0 Å². The molecule has 1 atom stereocenters. The fourth-order valence-corrected chi connectivity index (χ4v) is 5.01. The molecule has 130 valence electrons. The van der Waals surface area contributed by atoms with Gasteiger partial charge in [0.2, 0.25) is 9.84 Å². The highest BCUT2D eigenvalue weighted by molar-refractivity contribution is 7.91. The fraction of sp³-hybridized carbons (Fsp3) is 0.222. The van der Waals surface area contributed by atoms with E-state index in [-0.39, 0.29) is 15.8 Å². The van der Waals surface area contributed by atoms with Crippen molar-refractivity contribution in [3.63, 3.8) is 0 Å². The van der Waals surface area contributed by atoms with Crippen molar-refractivity contribution in [1.29, 1.82) is 0 Å². The lowest BCUT2D eigenvalue weighted by molar-refractivity contribution is 0.560. The van der Waals surface area contributed by atoms with E-state index in [1.54, 1.807) is 18.3 Å². The van der Waals surface area contributed by atoms with Crippen LogP contribution in [0.3, 0.4) is 0 Å². The monoisotopic (exact) mass is 378 g/mol. The minimum atomic E-state index is -3.85. The van der Waals surface area contributed by atoms with Crippen LogP contribution in [0.5, 0.6) is 0 Å². The van der Waals surface area contributed by atoms with Gasteiger partial charge >= 0.3 is 0 Å². The van der Waals surface area contributed by atoms with Crippen LogP contribution < -0.4 is 5.32 Å². The Balaban J connectivity index is 1.96. The van der Waals surface area contributed by atoms with Gasteiger partial charge in [0.15, 0.2) is 0 Å². The van der Waals surface area contributed by atoms with Gasteiger partial charge in [-0.25, -0.2) is 12.8 Å². The number of hydrogen-bond donors (Lipinski definition) is 1. The maximum atomic E-state index is 13.5. The van der Waals surface area contributed by atoms with Crippen LogP contribution in [0.15, 0.2) is 58.5 Å². The number of rotatable bonds is 3. The molecule has 1 aromatic heterocycles. The van der Waals surface area contributed by atoms with E-state index >= 15 is 0 Å². The predicted octanol–water partition coefficient (Wildman–Crippen LogP) is 3.80. The first-order valence-corrected chi connectivity index (χ1v) is 9.84. The minimum Gasteiger partial charge on any atom is -0.342 e. The number of aromatic nitrogens is 1. The molecule has 25 heavy (non-hydrogen) atoms. The topological polar surface area (TPSA) is 51.1 Å². The van der Waals surface area contributed by atoms with Gasteiger partial charge in [0.25, 0.3) is 0 Å². The molecule has 0 aliphatic carbocycles. The van der Waals surface area contributed by atoms with E-state index in [1.807, 2.05) is 10.6 Å². The van der Waals surface area contributed by atoms with Crippen molar-refractivity contribution in [2.75, 3.05) is 13.1 Å². The van der Waals surface area contributed by atoms with E-state index in [4.69, 9.17) is 11.6 Å². The summed E-state index contributed by atoms with van der Waals surface area (Å²) in [4.78, 5) is 0.0959. The summed E-state index contributed by atoms with van der Waals surface area (Å²) in [6.45, 7) is 1.68. The first kappa shape index (κ1) is 16.6. The molecule has 0 saturated carbocycles. The molecule has 3 aromatic rings. The molecule has 2 heterocycles. The number of halogens is 2. The van der Waals surface area contributed by atoms with Gasteiger partial charge in [-0.05, 0) is 49.4 Å². The molecular weight excluding hydrogens is 363 g/mol. The zero-order valence-corrected chi connectivity index (χ0v) is 14.8. The van der Waals surface area contributed by atoms with Crippen molar-refractivity contribution in [3.05, 3.63) is 59.5 Å². The summed E-state index contributed by atoms with van der Waals surface area (Å²) in [5.74, 6) is -0.581. The molecule has 0 spiro atoms. The summed E-state index contributed by atoms with van der Waals surface area (Å²) in [6, 6.07) is 10.5. The normalized spacial score (nSPS) is 18.1. The Morgan fingerprint density at radius 1 is 1.20 bits per heavy atom. The van der Waals surface area contributed by atoms with Gasteiger partial charge in [0.1, 0.15) is 5.82 Å². The molecule has 4 nitrogen and oxygen atoms in total. The first-order chi connectivity index (χ1) is 12.0. The third kappa shape index (κ3) is 2.84. The fourth-order valence-electron chi connectivity index (χ4n) is 3.35. The van der Waals surface area contributed by atoms with Gasteiger partial charge in [-0.2, -0.15) is 0 Å². The third-order valence-corrected chi connectivity index (χ3v) is 6.60. The van der Waals surface area contributed by atoms with Crippen molar-refractivity contribution < 1.29 is 12.8 Å². The van der Waals surface area contributed by atoms with Crippen molar-refractivity contribution in [2.45, 2.75) is 22.3 Å². The Labute approximate surface area is 150 Å². The van der Waals surface area contributed by atoms with Gasteiger partial charge in [-0.15, -0.1) is 0 Å². The second-order valence-electron chi connectivity index (χ2n) is 6.17. The third-order valence-electron chi connectivity index (χ3n) is 4.58. The van der Waals surface area contributed by atoms with Crippen LogP contribution in [0.4, 0.5) is 4.39 Å². The van der Waals surface area contributed by atoms with Crippen LogP contribution in [0.2, 0.25) is 5.02 Å². The summed E-state index contributed by atoms with van der Waals surface area (Å²) in [6.07, 6.45) is 2.57. The Bertz CT molecular complexity index is 1060. The molecule has 2 aromatic carbocycles. The first-order valence-electron chi connectivity index (χ1n) is 7.98. The molecule has 1 saturated heterocycles. The van der Waals surface area contributed by atoms with Crippen LogP contribution >= 0.6 is 11.6 Å². The van der Waals surface area contributed by atoms with E-state index in [0.717, 1.165) is 31.1 Å². The molecule has 4 rings (SSSR count). The zero-order chi connectivity index (χ0) is 17.6. The van der Waals surface area contributed by atoms with Crippen LogP contribution in [0, 0.1) is 5.82 Å². The molecule has 1 unspecified atom stereocenters. The van der Waals surface area contributed by atoms with E-state index in [2.05, 4.69) is 5.32 Å². The highest BCUT2D eigenvalue weighted by atomic mass is 35.5. The van der Waals surface area contributed by atoms with E-state index < -0.39 is 15.7 Å². The number of nitrogens with zero attached hydrogens (tertiary/aromatic N) is 1. The Hall–Kier alpha value is -1.89. The number of hydrogen-bond acceptors (Lipinski definition) is 3. The molecule has 1 aliphatic rings. The minimum absolute atomic E-state index is 0.0592. The predicted molar refractivity (Wildman–Crippen MR) is 95.3 cm³/mol. The Kier molecular flexibility index (Phi) is 4.06. The quantitative estimate of drug-likeness (QED) is 0.754. The lowest BCUT2D eigenvalue weighted by Crippen LogP contribution is -2.12. The molecule has 0 radical (unpaired) electrons. The highest BCUT2D eigenvalue weighted by Gasteiger charge is 2.27. The summed E-state index contributed by atoms with van der Waals surface area (Å²) in [5.41, 5.74) is 0.813. The summed E-state index contributed by atoms with van der Waals surface area (Å²) in [5, 5.41) is 4.31. The SMILES string of the molecule is O=S(=O)(c1cccc(F)c1)c1cn(C2CCNC2)c2ccc(Cl)cc12. The smallest absolute Gasteiger partial charge is 0.208 e. The second kappa shape index (κ2) is 6.12. The molecule has 0 bridgehead atoms. The van der Waals surface area contributed by atoms with Gasteiger partial charge in [-0.3, -0.25) is 0 Å². The summed E-state index contributed by atoms with van der Waals surface area (Å²) >= 11 is 6.10. The average molecular weight is 379 g/mol. The van der Waals surface area contributed by atoms with Crippen LogP contribution in [0.25, 0.3) is 10.9 Å². The van der Waals surface area contributed by atoms with Gasteiger partial charge < -0.3 is 9.88 Å². The lowest BCUT2D eigenvalue weighted by atomic mass is 10.2. The zero-order valence-electron chi connectivity index (χ0n) is 13.2. The molecule has 1 fully saturated rings. The maximum absolute atomic E-state index is 13.5. The maximum Gasteiger partial charge on any atom is 0.208 e. The molecule has 1 aliphatic heterocycles. The summed E-state index contributed by atoms with van der Waals surface area (Å²) < 4.78 is 41.7. The van der Waals surface area contributed by atoms with Crippen LogP contribution in [-0.4, -0.2) is 26.1 Å². The molecule has 7 heteroatoms. The highest BCUT2D eigenvalue weighted by Crippen LogP contribution is 2.34. The van der Waals surface area contributed by atoms with E-state index in [1.165, 1.54) is 18.2 Å². The van der Waals surface area contributed by atoms with Crippen molar-refractivity contribution in [2.24, 2.45) is 0 Å². The standard InChI is InChI=1S/C18H16ClFN2O2S/c19-12-4-5-17-16(8-12)18(11-22(17)14-6-7-21-10-14)25(23,24)15-3-1-2-13(20)9-15/h1-5,8-9,11,14,21H,6-7,10H2. The Morgan fingerprint density at radius 2 is 2.04 bits per heavy atom. The number of nitrogens with one attached hydrogen (secondary N) is 1. The van der Waals surface area contributed by atoms with Gasteiger partial charge in [-0.1, -0.05) is 17.7 Å². The van der Waals surface area contributed by atoms with Gasteiger partial charge in [0, 0.05) is 34.7 Å². The Morgan fingerprint density at radius 3 is 2.76 bits per heavy atom. The summed E-state index contributed by atoms with van der Waals surface area (Å²) in [7, 11) is -3.85. The van der Waals surface area contributed by atoms with E-state index in [0.29, 0.717) is 10.4 Å². The number of fused-ring (bicyclic) bond motifs is 1.